The number of rotatable bonds is 7. The minimum atomic E-state index is -0.0139. The Hall–Kier alpha value is -1.23. The lowest BCUT2D eigenvalue weighted by Gasteiger charge is -2.19. The van der Waals surface area contributed by atoms with Crippen molar-refractivity contribution in [3.63, 3.8) is 0 Å². The van der Waals surface area contributed by atoms with Gasteiger partial charge in [0, 0.05) is 13.1 Å². The van der Waals surface area contributed by atoms with E-state index < -0.39 is 0 Å². The van der Waals surface area contributed by atoms with Gasteiger partial charge in [0.1, 0.15) is 5.84 Å². The van der Waals surface area contributed by atoms with Gasteiger partial charge in [0.25, 0.3) is 0 Å². The minimum Gasteiger partial charge on any atom is -0.314 e. The average Bonchev–Trinajstić information content (AvgIpc) is 2.18. The molecule has 0 unspecified atom stereocenters. The second-order valence-electron chi connectivity index (χ2n) is 3.84. The van der Waals surface area contributed by atoms with Gasteiger partial charge in [-0.2, -0.15) is 0 Å². The molecule has 0 rings (SSSR count). The summed E-state index contributed by atoms with van der Waals surface area (Å²) in [7, 11) is 1.71. The van der Waals surface area contributed by atoms with Crippen molar-refractivity contribution in [2.45, 2.75) is 20.3 Å². The molecule has 0 bridgehead atoms. The maximum atomic E-state index is 10.7. The molecule has 0 radical (unpaired) electrons. The standard InChI is InChI=1S/C10H20N4O/c1-8(2)4-5-14(7-15)10(12)9(11)6-13-3/h7-8,11-13H,4-6H2,1-3H3. The predicted octanol–water partition coefficient (Wildman–Crippen LogP) is 0.707. The van der Waals surface area contributed by atoms with Gasteiger partial charge in [-0.25, -0.2) is 0 Å². The van der Waals surface area contributed by atoms with Crippen LogP contribution < -0.4 is 5.32 Å². The van der Waals surface area contributed by atoms with Crippen LogP contribution in [0.2, 0.25) is 0 Å². The second kappa shape index (κ2) is 7.11. The molecule has 0 aromatic heterocycles. The highest BCUT2D eigenvalue weighted by Crippen LogP contribution is 2.01. The third kappa shape index (κ3) is 5.27. The van der Waals surface area contributed by atoms with Crippen molar-refractivity contribution in [3.05, 3.63) is 0 Å². The van der Waals surface area contributed by atoms with E-state index in [1.165, 1.54) is 4.90 Å². The molecule has 0 aromatic rings. The van der Waals surface area contributed by atoms with Crippen molar-refractivity contribution in [2.24, 2.45) is 5.92 Å². The Balaban J connectivity index is 4.21. The molecular weight excluding hydrogens is 192 g/mol. The van der Waals surface area contributed by atoms with Gasteiger partial charge in [-0.3, -0.25) is 15.1 Å². The predicted molar refractivity (Wildman–Crippen MR) is 61.6 cm³/mol. The zero-order chi connectivity index (χ0) is 11.8. The molecule has 86 valence electrons. The van der Waals surface area contributed by atoms with E-state index in [9.17, 15) is 4.79 Å². The maximum absolute atomic E-state index is 10.7. The van der Waals surface area contributed by atoms with E-state index in [-0.39, 0.29) is 11.5 Å². The molecule has 0 aliphatic carbocycles. The van der Waals surface area contributed by atoms with E-state index in [0.29, 0.717) is 25.4 Å². The number of amidine groups is 1. The molecule has 1 amide bonds. The summed E-state index contributed by atoms with van der Waals surface area (Å²) in [4.78, 5) is 12.0. The lowest BCUT2D eigenvalue weighted by molar-refractivity contribution is -0.114. The molecule has 5 nitrogen and oxygen atoms in total. The molecular formula is C10H20N4O. The highest BCUT2D eigenvalue weighted by atomic mass is 16.1. The Morgan fingerprint density at radius 1 is 1.47 bits per heavy atom. The number of hydrogen-bond acceptors (Lipinski definition) is 4. The topological polar surface area (TPSA) is 80.0 Å². The van der Waals surface area contributed by atoms with Gasteiger partial charge in [0.05, 0.1) is 5.71 Å². The normalized spacial score (nSPS) is 10.1. The van der Waals surface area contributed by atoms with Crippen LogP contribution in [0.4, 0.5) is 0 Å². The quantitative estimate of drug-likeness (QED) is 0.330. The number of nitrogens with one attached hydrogen (secondary N) is 3. The Morgan fingerprint density at radius 3 is 2.47 bits per heavy atom. The Kier molecular flexibility index (Phi) is 6.53. The van der Waals surface area contributed by atoms with Crippen LogP contribution in [0, 0.1) is 16.7 Å². The van der Waals surface area contributed by atoms with Crippen LogP contribution in [0.3, 0.4) is 0 Å². The van der Waals surface area contributed by atoms with E-state index in [1.807, 2.05) is 0 Å². The fourth-order valence-electron chi connectivity index (χ4n) is 1.05. The molecule has 0 saturated heterocycles. The molecule has 0 heterocycles. The Bertz CT molecular complexity index is 238. The van der Waals surface area contributed by atoms with Crippen molar-refractivity contribution in [2.75, 3.05) is 20.1 Å². The molecule has 0 saturated carbocycles. The van der Waals surface area contributed by atoms with Crippen molar-refractivity contribution >= 4 is 18.0 Å². The monoisotopic (exact) mass is 212 g/mol. The molecule has 0 aliphatic rings. The number of carbonyl (C=O) groups is 1. The number of amides is 1. The summed E-state index contributed by atoms with van der Waals surface area (Å²) in [6, 6.07) is 0. The molecule has 0 spiro atoms. The van der Waals surface area contributed by atoms with Gasteiger partial charge >= 0.3 is 0 Å². The summed E-state index contributed by atoms with van der Waals surface area (Å²) < 4.78 is 0. The van der Waals surface area contributed by atoms with Gasteiger partial charge in [-0.15, -0.1) is 0 Å². The van der Waals surface area contributed by atoms with Crippen LogP contribution >= 0.6 is 0 Å². The highest BCUT2D eigenvalue weighted by Gasteiger charge is 2.13. The van der Waals surface area contributed by atoms with Gasteiger partial charge in [-0.05, 0) is 19.4 Å². The van der Waals surface area contributed by atoms with E-state index in [1.54, 1.807) is 7.05 Å². The van der Waals surface area contributed by atoms with Crippen LogP contribution in [0.1, 0.15) is 20.3 Å². The van der Waals surface area contributed by atoms with Crippen molar-refractivity contribution in [1.82, 2.24) is 10.2 Å². The van der Waals surface area contributed by atoms with Crippen LogP contribution in [-0.2, 0) is 4.79 Å². The Labute approximate surface area is 90.9 Å². The third-order valence-corrected chi connectivity index (χ3v) is 2.00. The first-order valence-electron chi connectivity index (χ1n) is 5.05. The first-order valence-corrected chi connectivity index (χ1v) is 5.05. The number of hydrogen-bond donors (Lipinski definition) is 3. The smallest absolute Gasteiger partial charge is 0.215 e. The zero-order valence-electron chi connectivity index (χ0n) is 9.63. The first kappa shape index (κ1) is 13.8. The SMILES string of the molecule is CNCC(=N)C(=N)N(C=O)CCC(C)C. The fraction of sp³-hybridized carbons (Fsp3) is 0.700. The molecule has 0 aromatic carbocycles. The third-order valence-electron chi connectivity index (χ3n) is 2.00. The molecule has 3 N–H and O–H groups in total. The van der Waals surface area contributed by atoms with Crippen LogP contribution in [-0.4, -0.2) is 43.0 Å². The summed E-state index contributed by atoms with van der Waals surface area (Å²) >= 11 is 0. The zero-order valence-corrected chi connectivity index (χ0v) is 9.63. The largest absolute Gasteiger partial charge is 0.314 e. The second-order valence-corrected chi connectivity index (χ2v) is 3.84. The average molecular weight is 212 g/mol. The van der Waals surface area contributed by atoms with Gasteiger partial charge in [-0.1, -0.05) is 13.8 Å². The van der Waals surface area contributed by atoms with Crippen LogP contribution in [0.25, 0.3) is 0 Å². The first-order chi connectivity index (χ1) is 7.02. The van der Waals surface area contributed by atoms with Crippen molar-refractivity contribution in [1.29, 1.82) is 10.8 Å². The molecule has 0 atom stereocenters. The highest BCUT2D eigenvalue weighted by molar-refractivity contribution is 6.41. The van der Waals surface area contributed by atoms with Gasteiger partial charge < -0.3 is 10.7 Å². The molecule has 0 aliphatic heterocycles. The van der Waals surface area contributed by atoms with Gasteiger partial charge in [0.2, 0.25) is 6.41 Å². The van der Waals surface area contributed by atoms with Crippen molar-refractivity contribution < 1.29 is 4.79 Å². The number of carbonyl (C=O) groups excluding carboxylic acids is 1. The van der Waals surface area contributed by atoms with Gasteiger partial charge in [0.15, 0.2) is 0 Å². The van der Waals surface area contributed by atoms with E-state index in [0.717, 1.165) is 6.42 Å². The maximum Gasteiger partial charge on any atom is 0.215 e. The van der Waals surface area contributed by atoms with Crippen LogP contribution in [0.15, 0.2) is 0 Å². The lowest BCUT2D eigenvalue weighted by atomic mass is 10.1. The lowest BCUT2D eigenvalue weighted by Crippen LogP contribution is -2.39. The van der Waals surface area contributed by atoms with Crippen LogP contribution in [0.5, 0.6) is 0 Å². The molecule has 15 heavy (non-hydrogen) atoms. The fourth-order valence-corrected chi connectivity index (χ4v) is 1.05. The minimum absolute atomic E-state index is 0.0139. The van der Waals surface area contributed by atoms with Crippen molar-refractivity contribution in [3.8, 4) is 0 Å². The summed E-state index contributed by atoms with van der Waals surface area (Å²) in [5.41, 5.74) is 0.133. The van der Waals surface area contributed by atoms with E-state index in [2.05, 4.69) is 19.2 Å². The molecule has 5 heteroatoms. The summed E-state index contributed by atoms with van der Waals surface area (Å²) in [5.74, 6) is 0.471. The number of nitrogens with zero attached hydrogens (tertiary/aromatic N) is 1. The summed E-state index contributed by atoms with van der Waals surface area (Å²) in [5, 5.41) is 17.9. The van der Waals surface area contributed by atoms with E-state index >= 15 is 0 Å². The van der Waals surface area contributed by atoms with E-state index in [4.69, 9.17) is 10.8 Å². The summed E-state index contributed by atoms with van der Waals surface area (Å²) in [6.45, 7) is 4.94. The summed E-state index contributed by atoms with van der Waals surface area (Å²) in [6.07, 6.45) is 1.46. The Morgan fingerprint density at radius 2 is 2.07 bits per heavy atom. The molecule has 0 fully saturated rings.